The molecule has 3 rings (SSSR count). The number of halogens is 1. The van der Waals surface area contributed by atoms with Crippen LogP contribution in [0, 0.1) is 5.82 Å². The van der Waals surface area contributed by atoms with Crippen LogP contribution in [0.1, 0.15) is 37.7 Å². The number of hydrogen-bond acceptors (Lipinski definition) is 3. The Morgan fingerprint density at radius 3 is 2.46 bits per heavy atom. The lowest BCUT2D eigenvalue weighted by atomic mass is 9.80. The van der Waals surface area contributed by atoms with Gasteiger partial charge in [-0.15, -0.1) is 0 Å². The minimum absolute atomic E-state index is 0.204. The van der Waals surface area contributed by atoms with Gasteiger partial charge >= 0.3 is 0 Å². The molecule has 1 aliphatic carbocycles. The van der Waals surface area contributed by atoms with Crippen LogP contribution in [0.2, 0.25) is 0 Å². The van der Waals surface area contributed by atoms with Gasteiger partial charge in [0.15, 0.2) is 5.96 Å². The molecule has 0 amide bonds. The minimum Gasteiger partial charge on any atom is -0.379 e. The Morgan fingerprint density at radius 2 is 1.81 bits per heavy atom. The minimum atomic E-state index is -0.207. The quantitative estimate of drug-likeness (QED) is 0.624. The second-order valence-electron chi connectivity index (χ2n) is 7.29. The van der Waals surface area contributed by atoms with E-state index in [4.69, 9.17) is 4.74 Å². The number of morpholine rings is 1. The highest BCUT2D eigenvalue weighted by Gasteiger charge is 2.38. The zero-order chi connectivity index (χ0) is 18.2. The van der Waals surface area contributed by atoms with Crippen LogP contribution in [0.15, 0.2) is 29.3 Å². The molecule has 1 saturated carbocycles. The van der Waals surface area contributed by atoms with Gasteiger partial charge in [-0.25, -0.2) is 4.39 Å². The average molecular weight is 362 g/mol. The summed E-state index contributed by atoms with van der Waals surface area (Å²) in [5.74, 6) is 0.591. The molecule has 0 radical (unpaired) electrons. The largest absolute Gasteiger partial charge is 0.379 e. The van der Waals surface area contributed by atoms with Crippen molar-refractivity contribution in [3.8, 4) is 0 Å². The van der Waals surface area contributed by atoms with E-state index in [1.165, 1.54) is 44.2 Å². The fourth-order valence-corrected chi connectivity index (χ4v) is 4.11. The Hall–Kier alpha value is -1.66. The molecule has 5 nitrogen and oxygen atoms in total. The molecule has 1 aromatic carbocycles. The molecule has 0 unspecified atom stereocenters. The van der Waals surface area contributed by atoms with Crippen molar-refractivity contribution in [2.75, 3.05) is 39.9 Å². The van der Waals surface area contributed by atoms with Gasteiger partial charge in [-0.3, -0.25) is 9.89 Å². The third-order valence-corrected chi connectivity index (χ3v) is 5.65. The van der Waals surface area contributed by atoms with E-state index in [0.717, 1.165) is 44.4 Å². The van der Waals surface area contributed by atoms with Crippen molar-refractivity contribution in [3.63, 3.8) is 0 Å². The van der Waals surface area contributed by atoms with Gasteiger partial charge in [-0.05, 0) is 30.5 Å². The van der Waals surface area contributed by atoms with E-state index in [-0.39, 0.29) is 11.4 Å². The fourth-order valence-electron chi connectivity index (χ4n) is 4.11. The number of aliphatic imine (C=N–C) groups is 1. The molecule has 0 bridgehead atoms. The number of hydrogen-bond donors (Lipinski definition) is 2. The zero-order valence-electron chi connectivity index (χ0n) is 15.8. The maximum absolute atomic E-state index is 13.0. The zero-order valence-corrected chi connectivity index (χ0v) is 15.8. The molecule has 0 spiro atoms. The molecular formula is C20H31FN4O. The molecule has 26 heavy (non-hydrogen) atoms. The molecule has 1 heterocycles. The summed E-state index contributed by atoms with van der Waals surface area (Å²) >= 11 is 0. The van der Waals surface area contributed by atoms with Gasteiger partial charge in [0.2, 0.25) is 0 Å². The lowest BCUT2D eigenvalue weighted by molar-refractivity contribution is -0.0352. The van der Waals surface area contributed by atoms with Crippen LogP contribution in [0.5, 0.6) is 0 Å². The van der Waals surface area contributed by atoms with Gasteiger partial charge in [-0.1, -0.05) is 31.4 Å². The number of rotatable bonds is 5. The van der Waals surface area contributed by atoms with Crippen molar-refractivity contribution in [1.82, 2.24) is 15.5 Å². The van der Waals surface area contributed by atoms with Crippen molar-refractivity contribution < 1.29 is 9.13 Å². The molecular weight excluding hydrogens is 331 g/mol. The standard InChI is InChI=1S/C20H31FN4O/c1-22-19(23-15-17-5-7-18(21)8-6-17)24-16-20(9-3-2-4-10-20)25-11-13-26-14-12-25/h5-8H,2-4,9-16H2,1H3,(H2,22,23,24). The summed E-state index contributed by atoms with van der Waals surface area (Å²) in [6, 6.07) is 6.57. The maximum atomic E-state index is 13.0. The second-order valence-corrected chi connectivity index (χ2v) is 7.29. The van der Waals surface area contributed by atoms with Crippen molar-refractivity contribution in [3.05, 3.63) is 35.6 Å². The smallest absolute Gasteiger partial charge is 0.191 e. The first-order valence-corrected chi connectivity index (χ1v) is 9.74. The fraction of sp³-hybridized carbons (Fsp3) is 0.650. The molecule has 2 fully saturated rings. The Bertz CT molecular complexity index is 578. The van der Waals surface area contributed by atoms with E-state index in [2.05, 4.69) is 20.5 Å². The van der Waals surface area contributed by atoms with Crippen LogP contribution in [-0.2, 0) is 11.3 Å². The van der Waals surface area contributed by atoms with Crippen molar-refractivity contribution >= 4 is 5.96 Å². The van der Waals surface area contributed by atoms with Crippen LogP contribution >= 0.6 is 0 Å². The molecule has 6 heteroatoms. The summed E-state index contributed by atoms with van der Waals surface area (Å²) < 4.78 is 18.6. The molecule has 0 atom stereocenters. The molecule has 1 saturated heterocycles. The molecule has 2 N–H and O–H groups in total. The van der Waals surface area contributed by atoms with Gasteiger partial charge in [0.05, 0.1) is 13.2 Å². The first kappa shape index (κ1) is 19.1. The number of benzene rings is 1. The lowest BCUT2D eigenvalue weighted by Crippen LogP contribution is -2.60. The highest BCUT2D eigenvalue weighted by Crippen LogP contribution is 2.33. The van der Waals surface area contributed by atoms with Gasteiger partial charge in [0.1, 0.15) is 5.82 Å². The molecule has 1 aromatic rings. The Morgan fingerprint density at radius 1 is 1.12 bits per heavy atom. The van der Waals surface area contributed by atoms with Crippen LogP contribution in [-0.4, -0.2) is 56.3 Å². The first-order valence-electron chi connectivity index (χ1n) is 9.74. The van der Waals surface area contributed by atoms with Gasteiger partial charge in [-0.2, -0.15) is 0 Å². The van der Waals surface area contributed by atoms with E-state index in [9.17, 15) is 4.39 Å². The highest BCUT2D eigenvalue weighted by atomic mass is 19.1. The summed E-state index contributed by atoms with van der Waals surface area (Å²) in [4.78, 5) is 6.98. The number of nitrogens with one attached hydrogen (secondary N) is 2. The third kappa shape index (κ3) is 4.95. The summed E-state index contributed by atoms with van der Waals surface area (Å²) in [6.45, 7) is 5.23. The van der Waals surface area contributed by atoms with E-state index in [0.29, 0.717) is 6.54 Å². The van der Waals surface area contributed by atoms with Crippen molar-refractivity contribution in [2.24, 2.45) is 4.99 Å². The van der Waals surface area contributed by atoms with Crippen molar-refractivity contribution in [1.29, 1.82) is 0 Å². The van der Waals surface area contributed by atoms with E-state index >= 15 is 0 Å². The van der Waals surface area contributed by atoms with Crippen molar-refractivity contribution in [2.45, 2.75) is 44.2 Å². The second kappa shape index (κ2) is 9.33. The van der Waals surface area contributed by atoms with Gasteiger partial charge < -0.3 is 15.4 Å². The SMILES string of the molecule is CN=C(NCc1ccc(F)cc1)NCC1(N2CCOCC2)CCCCC1. The summed E-state index contributed by atoms with van der Waals surface area (Å²) in [6.07, 6.45) is 6.38. The lowest BCUT2D eigenvalue weighted by Gasteiger charge is -2.48. The monoisotopic (exact) mass is 362 g/mol. The molecule has 0 aromatic heterocycles. The van der Waals surface area contributed by atoms with Crippen LogP contribution in [0.25, 0.3) is 0 Å². The maximum Gasteiger partial charge on any atom is 0.191 e. The van der Waals surface area contributed by atoms with E-state index in [1.807, 2.05) is 0 Å². The van der Waals surface area contributed by atoms with Crippen LogP contribution < -0.4 is 10.6 Å². The molecule has 144 valence electrons. The number of guanidine groups is 1. The van der Waals surface area contributed by atoms with E-state index < -0.39 is 0 Å². The predicted octanol–water partition coefficient (Wildman–Crippen LogP) is 2.53. The Kier molecular flexibility index (Phi) is 6.86. The molecule has 2 aliphatic rings. The Labute approximate surface area is 156 Å². The summed E-state index contributed by atoms with van der Waals surface area (Å²) in [5, 5.41) is 6.88. The average Bonchev–Trinajstić information content (AvgIpc) is 2.71. The first-order chi connectivity index (χ1) is 12.7. The number of nitrogens with zero attached hydrogens (tertiary/aromatic N) is 2. The van der Waals surface area contributed by atoms with Crippen LogP contribution in [0.4, 0.5) is 4.39 Å². The van der Waals surface area contributed by atoms with Gasteiger partial charge in [0.25, 0.3) is 0 Å². The molecule has 1 aliphatic heterocycles. The normalized spacial score (nSPS) is 21.4. The number of ether oxygens (including phenoxy) is 1. The topological polar surface area (TPSA) is 48.9 Å². The van der Waals surface area contributed by atoms with Gasteiger partial charge in [0, 0.05) is 38.8 Å². The highest BCUT2D eigenvalue weighted by molar-refractivity contribution is 5.79. The summed E-state index contributed by atoms with van der Waals surface area (Å²) in [5.41, 5.74) is 1.24. The summed E-state index contributed by atoms with van der Waals surface area (Å²) in [7, 11) is 1.79. The van der Waals surface area contributed by atoms with Crippen LogP contribution in [0.3, 0.4) is 0 Å². The predicted molar refractivity (Wildman–Crippen MR) is 103 cm³/mol. The Balaban J connectivity index is 1.56. The van der Waals surface area contributed by atoms with E-state index in [1.54, 1.807) is 19.2 Å². The third-order valence-electron chi connectivity index (χ3n) is 5.65.